The molecule has 3 N–H and O–H groups in total. The van der Waals surface area contributed by atoms with Crippen molar-refractivity contribution in [1.82, 2.24) is 5.32 Å². The van der Waals surface area contributed by atoms with Gasteiger partial charge in [0.1, 0.15) is 5.82 Å². The van der Waals surface area contributed by atoms with Gasteiger partial charge in [-0.2, -0.15) is 0 Å². The summed E-state index contributed by atoms with van der Waals surface area (Å²) in [4.78, 5) is 22.7. The van der Waals surface area contributed by atoms with Crippen molar-refractivity contribution in [3.8, 4) is 0 Å². The molecule has 3 rings (SSSR count). The zero-order chi connectivity index (χ0) is 21.6. The fraction of sp³-hybridized carbons (Fsp3) is 0.364. The molecule has 0 heterocycles. The van der Waals surface area contributed by atoms with Gasteiger partial charge in [0.05, 0.1) is 22.7 Å². The van der Waals surface area contributed by atoms with Gasteiger partial charge in [0.25, 0.3) is 0 Å². The Bertz CT molecular complexity index is 864. The van der Waals surface area contributed by atoms with E-state index in [1.54, 1.807) is 30.3 Å². The van der Waals surface area contributed by atoms with Gasteiger partial charge in [-0.3, -0.25) is 4.79 Å². The fourth-order valence-corrected chi connectivity index (χ4v) is 2.99. The standard InChI is InChI=1S/C15H19NO3.C7H6ClFO/c1-10(2)9-13(17)16-15(7-8-15)12-5-3-11(4-6-12)14(18)19;8-6-2-1-5(4-10)3-7(6)9/h3-6,10H,7-9H2,1-2H3,(H,16,17)(H,18,19);1-3,10H,4H2. The molecular formula is C22H25ClFNO4. The quantitative estimate of drug-likeness (QED) is 0.640. The Morgan fingerprint density at radius 1 is 1.17 bits per heavy atom. The molecule has 156 valence electrons. The average molecular weight is 422 g/mol. The highest BCUT2D eigenvalue weighted by Gasteiger charge is 2.45. The highest BCUT2D eigenvalue weighted by Crippen LogP contribution is 2.45. The number of benzene rings is 2. The largest absolute Gasteiger partial charge is 0.478 e. The third-order valence-corrected chi connectivity index (χ3v) is 4.88. The number of carbonyl (C=O) groups excluding carboxylic acids is 1. The molecule has 0 radical (unpaired) electrons. The molecule has 0 bridgehead atoms. The Labute approximate surface area is 174 Å². The van der Waals surface area contributed by atoms with Crippen molar-refractivity contribution < 1.29 is 24.2 Å². The predicted molar refractivity (Wildman–Crippen MR) is 109 cm³/mol. The first-order valence-corrected chi connectivity index (χ1v) is 9.74. The van der Waals surface area contributed by atoms with Crippen LogP contribution in [0.15, 0.2) is 42.5 Å². The molecule has 1 fully saturated rings. The first-order valence-electron chi connectivity index (χ1n) is 9.36. The van der Waals surface area contributed by atoms with E-state index in [0.717, 1.165) is 18.4 Å². The van der Waals surface area contributed by atoms with Gasteiger partial charge in [0.2, 0.25) is 5.91 Å². The summed E-state index contributed by atoms with van der Waals surface area (Å²) < 4.78 is 12.5. The van der Waals surface area contributed by atoms with Crippen LogP contribution in [0.2, 0.25) is 5.02 Å². The van der Waals surface area contributed by atoms with E-state index in [9.17, 15) is 14.0 Å². The maximum atomic E-state index is 12.5. The van der Waals surface area contributed by atoms with Crippen LogP contribution < -0.4 is 5.32 Å². The Morgan fingerprint density at radius 3 is 2.24 bits per heavy atom. The maximum Gasteiger partial charge on any atom is 0.335 e. The molecule has 1 aliphatic rings. The molecule has 0 atom stereocenters. The molecule has 2 aromatic rings. The van der Waals surface area contributed by atoms with Crippen molar-refractivity contribution in [1.29, 1.82) is 0 Å². The van der Waals surface area contributed by atoms with E-state index in [0.29, 0.717) is 17.9 Å². The Kier molecular flexibility index (Phi) is 7.76. The van der Waals surface area contributed by atoms with Crippen LogP contribution in [-0.4, -0.2) is 22.1 Å². The lowest BCUT2D eigenvalue weighted by molar-refractivity contribution is -0.122. The van der Waals surface area contributed by atoms with Crippen LogP contribution in [0.5, 0.6) is 0 Å². The molecule has 1 aliphatic carbocycles. The molecule has 0 saturated heterocycles. The van der Waals surface area contributed by atoms with Crippen LogP contribution in [0.3, 0.4) is 0 Å². The minimum Gasteiger partial charge on any atom is -0.478 e. The van der Waals surface area contributed by atoms with E-state index in [1.165, 1.54) is 12.1 Å². The normalized spacial score (nSPS) is 14.0. The molecule has 1 saturated carbocycles. The number of aliphatic hydroxyl groups is 1. The number of carboxylic acid groups (broad SMARTS) is 1. The van der Waals surface area contributed by atoms with Crippen LogP contribution in [0, 0.1) is 11.7 Å². The third kappa shape index (κ3) is 6.54. The van der Waals surface area contributed by atoms with E-state index in [-0.39, 0.29) is 28.6 Å². The number of carbonyl (C=O) groups is 2. The molecule has 0 spiro atoms. The second-order valence-corrected chi connectivity index (χ2v) is 7.92. The Hall–Kier alpha value is -2.44. The Morgan fingerprint density at radius 2 is 1.79 bits per heavy atom. The summed E-state index contributed by atoms with van der Waals surface area (Å²) in [6.45, 7) is 3.87. The number of carboxylic acids is 1. The topological polar surface area (TPSA) is 86.6 Å². The molecular weight excluding hydrogens is 397 g/mol. The monoisotopic (exact) mass is 421 g/mol. The zero-order valence-electron chi connectivity index (χ0n) is 16.4. The molecule has 1 amide bonds. The van der Waals surface area contributed by atoms with Gasteiger partial charge in [-0.05, 0) is 54.2 Å². The fourth-order valence-electron chi connectivity index (χ4n) is 2.87. The smallest absolute Gasteiger partial charge is 0.335 e. The summed E-state index contributed by atoms with van der Waals surface area (Å²) in [5.41, 5.74) is 1.53. The van der Waals surface area contributed by atoms with E-state index in [2.05, 4.69) is 5.32 Å². The van der Waals surface area contributed by atoms with Crippen molar-refractivity contribution in [2.45, 2.75) is 45.3 Å². The van der Waals surface area contributed by atoms with E-state index in [1.807, 2.05) is 13.8 Å². The molecule has 29 heavy (non-hydrogen) atoms. The SMILES string of the molecule is CC(C)CC(=O)NC1(c2ccc(C(=O)O)cc2)CC1.OCc1ccc(Cl)c(F)c1. The van der Waals surface area contributed by atoms with Gasteiger partial charge in [-0.1, -0.05) is 43.6 Å². The lowest BCUT2D eigenvalue weighted by atomic mass is 10.0. The first kappa shape index (κ1) is 22.8. The van der Waals surface area contributed by atoms with E-state index in [4.69, 9.17) is 21.8 Å². The maximum absolute atomic E-state index is 12.5. The number of aromatic carboxylic acids is 1. The highest BCUT2D eigenvalue weighted by atomic mass is 35.5. The van der Waals surface area contributed by atoms with Crippen LogP contribution in [-0.2, 0) is 16.9 Å². The number of hydrogen-bond donors (Lipinski definition) is 3. The van der Waals surface area contributed by atoms with Gasteiger partial charge >= 0.3 is 5.97 Å². The van der Waals surface area contributed by atoms with Crippen molar-refractivity contribution in [2.24, 2.45) is 5.92 Å². The molecule has 2 aromatic carbocycles. The number of nitrogens with one attached hydrogen (secondary N) is 1. The van der Waals surface area contributed by atoms with Crippen LogP contribution in [0.4, 0.5) is 4.39 Å². The molecule has 7 heteroatoms. The number of rotatable bonds is 6. The van der Waals surface area contributed by atoms with Crippen molar-refractivity contribution in [3.63, 3.8) is 0 Å². The third-order valence-electron chi connectivity index (χ3n) is 4.57. The highest BCUT2D eigenvalue weighted by molar-refractivity contribution is 6.30. The average Bonchev–Trinajstić information content (AvgIpc) is 3.44. The minimum atomic E-state index is -0.930. The minimum absolute atomic E-state index is 0.0646. The van der Waals surface area contributed by atoms with Crippen molar-refractivity contribution in [3.05, 3.63) is 70.0 Å². The second-order valence-electron chi connectivity index (χ2n) is 7.52. The van der Waals surface area contributed by atoms with Crippen molar-refractivity contribution in [2.75, 3.05) is 0 Å². The lowest BCUT2D eigenvalue weighted by Crippen LogP contribution is -2.35. The summed E-state index contributed by atoms with van der Waals surface area (Å²) in [6, 6.07) is 11.0. The summed E-state index contributed by atoms with van der Waals surface area (Å²) in [5, 5.41) is 20.6. The number of aliphatic hydroxyl groups excluding tert-OH is 1. The number of halogens is 2. The summed E-state index contributed by atoms with van der Waals surface area (Å²) in [6.07, 6.45) is 2.36. The summed E-state index contributed by atoms with van der Waals surface area (Å²) in [7, 11) is 0. The molecule has 0 aliphatic heterocycles. The molecule has 5 nitrogen and oxygen atoms in total. The van der Waals surface area contributed by atoms with Gasteiger partial charge in [0, 0.05) is 6.42 Å². The predicted octanol–water partition coefficient (Wildman–Crippen LogP) is 4.51. The van der Waals surface area contributed by atoms with Gasteiger partial charge in [0.15, 0.2) is 0 Å². The van der Waals surface area contributed by atoms with Gasteiger partial charge in [-0.25, -0.2) is 9.18 Å². The van der Waals surface area contributed by atoms with E-state index >= 15 is 0 Å². The van der Waals surface area contributed by atoms with Crippen LogP contribution in [0.1, 0.15) is 54.6 Å². The Balaban J connectivity index is 0.000000253. The number of hydrogen-bond acceptors (Lipinski definition) is 3. The second kappa shape index (κ2) is 9.85. The molecule has 0 aromatic heterocycles. The van der Waals surface area contributed by atoms with Gasteiger partial charge < -0.3 is 15.5 Å². The van der Waals surface area contributed by atoms with Crippen molar-refractivity contribution >= 4 is 23.5 Å². The van der Waals surface area contributed by atoms with Crippen LogP contribution >= 0.6 is 11.6 Å². The number of amides is 1. The van der Waals surface area contributed by atoms with E-state index < -0.39 is 11.8 Å². The summed E-state index contributed by atoms with van der Waals surface area (Å²) in [5.74, 6) is -1.02. The molecule has 0 unspecified atom stereocenters. The summed E-state index contributed by atoms with van der Waals surface area (Å²) >= 11 is 5.38. The lowest BCUT2D eigenvalue weighted by Gasteiger charge is -2.19. The van der Waals surface area contributed by atoms with Crippen LogP contribution in [0.25, 0.3) is 0 Å². The zero-order valence-corrected chi connectivity index (χ0v) is 17.2. The first-order chi connectivity index (χ1) is 13.7. The van der Waals surface area contributed by atoms with Gasteiger partial charge in [-0.15, -0.1) is 0 Å².